The fourth-order valence-electron chi connectivity index (χ4n) is 5.21. The Bertz CT molecular complexity index is 1470. The van der Waals surface area contributed by atoms with Gasteiger partial charge in [-0.25, -0.2) is 8.42 Å². The van der Waals surface area contributed by atoms with Crippen molar-refractivity contribution >= 4 is 39.1 Å². The number of benzene rings is 3. The van der Waals surface area contributed by atoms with Gasteiger partial charge in [0.2, 0.25) is 11.8 Å². The van der Waals surface area contributed by atoms with E-state index in [0.717, 1.165) is 42.4 Å². The number of anilines is 1. The van der Waals surface area contributed by atoms with Crippen LogP contribution in [-0.4, -0.2) is 43.8 Å². The Morgan fingerprint density at radius 2 is 1.68 bits per heavy atom. The zero-order valence-electron chi connectivity index (χ0n) is 23.8. The van der Waals surface area contributed by atoms with Crippen molar-refractivity contribution in [3.63, 3.8) is 0 Å². The number of nitrogens with zero attached hydrogens (tertiary/aromatic N) is 2. The van der Waals surface area contributed by atoms with Crippen molar-refractivity contribution in [2.24, 2.45) is 0 Å². The average Bonchev–Trinajstić information content (AvgIpc) is 3.47. The molecular formula is C32H38ClN3O4S. The zero-order chi connectivity index (χ0) is 29.6. The Hall–Kier alpha value is -3.36. The third-order valence-electron chi connectivity index (χ3n) is 7.64. The van der Waals surface area contributed by atoms with Crippen LogP contribution in [0.3, 0.4) is 0 Å². The van der Waals surface area contributed by atoms with Crippen molar-refractivity contribution in [1.29, 1.82) is 0 Å². The number of halogens is 1. The first kappa shape index (κ1) is 30.6. The minimum absolute atomic E-state index is 0.0860. The zero-order valence-corrected chi connectivity index (χ0v) is 25.4. The molecule has 3 aromatic rings. The number of nitrogens with one attached hydrogen (secondary N) is 1. The number of aryl methyl sites for hydroxylation is 2. The van der Waals surface area contributed by atoms with Gasteiger partial charge in [-0.3, -0.25) is 13.9 Å². The molecule has 0 aromatic heterocycles. The number of carbonyl (C=O) groups is 2. The van der Waals surface area contributed by atoms with Crippen LogP contribution in [0, 0.1) is 6.92 Å². The molecule has 1 aliphatic rings. The lowest BCUT2D eigenvalue weighted by atomic mass is 10.1. The maximum Gasteiger partial charge on any atom is 0.264 e. The van der Waals surface area contributed by atoms with Crippen LogP contribution < -0.4 is 9.62 Å². The lowest BCUT2D eigenvalue weighted by Gasteiger charge is -2.33. The van der Waals surface area contributed by atoms with E-state index >= 15 is 0 Å². The number of hydrogen-bond donors (Lipinski definition) is 1. The van der Waals surface area contributed by atoms with E-state index in [9.17, 15) is 18.0 Å². The summed E-state index contributed by atoms with van der Waals surface area (Å²) in [5.74, 6) is -0.741. The predicted molar refractivity (Wildman–Crippen MR) is 163 cm³/mol. The van der Waals surface area contributed by atoms with Crippen LogP contribution in [0.2, 0.25) is 5.02 Å². The molecule has 1 saturated carbocycles. The highest BCUT2D eigenvalue weighted by Gasteiger charge is 2.34. The molecule has 0 saturated heterocycles. The Morgan fingerprint density at radius 3 is 2.34 bits per heavy atom. The number of para-hydroxylation sites is 1. The SMILES string of the molecule is CCc1ccccc1N(CC(=O)N(Cc1cccc(Cl)c1)[C@H](C)C(=O)NC1CCCC1)S(=O)(=O)c1ccc(C)cc1. The second-order valence-corrected chi connectivity index (χ2v) is 12.9. The molecule has 0 spiro atoms. The molecule has 2 amide bonds. The second-order valence-electron chi connectivity index (χ2n) is 10.6. The topological polar surface area (TPSA) is 86.8 Å². The fourth-order valence-corrected chi connectivity index (χ4v) is 6.88. The van der Waals surface area contributed by atoms with Gasteiger partial charge in [-0.2, -0.15) is 0 Å². The highest BCUT2D eigenvalue weighted by molar-refractivity contribution is 7.92. The number of amides is 2. The molecule has 4 rings (SSSR count). The van der Waals surface area contributed by atoms with Crippen LogP contribution in [0.25, 0.3) is 0 Å². The molecule has 1 atom stereocenters. The molecule has 1 fully saturated rings. The Kier molecular flexibility index (Phi) is 10.1. The molecule has 41 heavy (non-hydrogen) atoms. The number of sulfonamides is 1. The lowest BCUT2D eigenvalue weighted by Crippen LogP contribution is -2.52. The quantitative estimate of drug-likeness (QED) is 0.300. The van der Waals surface area contributed by atoms with E-state index in [-0.39, 0.29) is 23.4 Å². The third kappa shape index (κ3) is 7.49. The molecule has 0 aliphatic heterocycles. The fraction of sp³-hybridized carbons (Fsp3) is 0.375. The van der Waals surface area contributed by atoms with Gasteiger partial charge < -0.3 is 10.2 Å². The molecule has 0 bridgehead atoms. The van der Waals surface area contributed by atoms with Gasteiger partial charge in [0.25, 0.3) is 10.0 Å². The first-order chi connectivity index (χ1) is 19.6. The smallest absolute Gasteiger partial charge is 0.264 e. The summed E-state index contributed by atoms with van der Waals surface area (Å²) in [6.07, 6.45) is 4.53. The standard InChI is InChI=1S/C32H38ClN3O4S/c1-4-26-11-5-8-15-30(26)36(41(39,40)29-18-16-23(2)17-19-29)22-31(37)35(21-25-10-9-12-27(33)20-25)24(3)32(38)34-28-13-6-7-14-28/h5,8-12,15-20,24,28H,4,6-7,13-14,21-22H2,1-3H3,(H,34,38)/t24-/m1/s1. The van der Waals surface area contributed by atoms with Crippen molar-refractivity contribution in [2.45, 2.75) is 76.4 Å². The van der Waals surface area contributed by atoms with E-state index in [0.29, 0.717) is 17.1 Å². The second kappa shape index (κ2) is 13.5. The lowest BCUT2D eigenvalue weighted by molar-refractivity contribution is -0.139. The largest absolute Gasteiger partial charge is 0.352 e. The maximum atomic E-state index is 14.1. The van der Waals surface area contributed by atoms with Crippen molar-refractivity contribution in [3.05, 3.63) is 94.5 Å². The molecule has 9 heteroatoms. The molecule has 1 N–H and O–H groups in total. The molecular weight excluding hydrogens is 558 g/mol. The number of rotatable bonds is 11. The van der Waals surface area contributed by atoms with Crippen LogP contribution in [0.15, 0.2) is 77.7 Å². The number of hydrogen-bond acceptors (Lipinski definition) is 4. The van der Waals surface area contributed by atoms with E-state index in [4.69, 9.17) is 11.6 Å². The summed E-state index contributed by atoms with van der Waals surface area (Å²) in [5, 5.41) is 3.60. The molecule has 218 valence electrons. The highest BCUT2D eigenvalue weighted by atomic mass is 35.5. The Morgan fingerprint density at radius 1 is 1.00 bits per heavy atom. The average molecular weight is 596 g/mol. The van der Waals surface area contributed by atoms with Gasteiger partial charge in [0.15, 0.2) is 0 Å². The van der Waals surface area contributed by atoms with Gasteiger partial charge in [-0.1, -0.05) is 79.4 Å². The van der Waals surface area contributed by atoms with E-state index in [2.05, 4.69) is 5.32 Å². The van der Waals surface area contributed by atoms with Crippen molar-refractivity contribution in [3.8, 4) is 0 Å². The molecule has 0 unspecified atom stereocenters. The van der Waals surface area contributed by atoms with E-state index < -0.39 is 28.5 Å². The monoisotopic (exact) mass is 595 g/mol. The van der Waals surface area contributed by atoms with Gasteiger partial charge in [0, 0.05) is 17.6 Å². The van der Waals surface area contributed by atoms with Crippen LogP contribution in [0.5, 0.6) is 0 Å². The summed E-state index contributed by atoms with van der Waals surface area (Å²) < 4.78 is 29.3. The van der Waals surface area contributed by atoms with Crippen LogP contribution in [0.1, 0.15) is 56.2 Å². The number of carbonyl (C=O) groups excluding carboxylic acids is 2. The van der Waals surface area contributed by atoms with Gasteiger partial charge in [0.1, 0.15) is 12.6 Å². The Balaban J connectivity index is 1.71. The van der Waals surface area contributed by atoms with Gasteiger partial charge in [0.05, 0.1) is 10.6 Å². The van der Waals surface area contributed by atoms with Gasteiger partial charge in [-0.05, 0) is 74.6 Å². The molecule has 7 nitrogen and oxygen atoms in total. The normalized spacial score (nSPS) is 14.4. The Labute approximate surface area is 248 Å². The minimum Gasteiger partial charge on any atom is -0.352 e. The summed E-state index contributed by atoms with van der Waals surface area (Å²) in [7, 11) is -4.11. The summed E-state index contributed by atoms with van der Waals surface area (Å²) in [5.41, 5.74) is 2.91. The summed E-state index contributed by atoms with van der Waals surface area (Å²) >= 11 is 6.23. The molecule has 3 aromatic carbocycles. The van der Waals surface area contributed by atoms with Crippen LogP contribution in [0.4, 0.5) is 5.69 Å². The molecule has 1 aliphatic carbocycles. The third-order valence-corrected chi connectivity index (χ3v) is 9.65. The van der Waals surface area contributed by atoms with Crippen LogP contribution in [-0.2, 0) is 32.6 Å². The highest BCUT2D eigenvalue weighted by Crippen LogP contribution is 2.28. The van der Waals surface area contributed by atoms with Gasteiger partial charge >= 0.3 is 0 Å². The van der Waals surface area contributed by atoms with Gasteiger partial charge in [-0.15, -0.1) is 0 Å². The van der Waals surface area contributed by atoms with E-state index in [1.807, 2.05) is 32.0 Å². The first-order valence-corrected chi connectivity index (χ1v) is 15.9. The summed E-state index contributed by atoms with van der Waals surface area (Å²) in [4.78, 5) is 29.0. The van der Waals surface area contributed by atoms with Crippen molar-refractivity contribution in [2.75, 3.05) is 10.8 Å². The van der Waals surface area contributed by atoms with E-state index in [1.54, 1.807) is 61.5 Å². The molecule has 0 heterocycles. The minimum atomic E-state index is -4.11. The van der Waals surface area contributed by atoms with Crippen LogP contribution >= 0.6 is 11.6 Å². The predicted octanol–water partition coefficient (Wildman–Crippen LogP) is 5.88. The maximum absolute atomic E-state index is 14.1. The summed E-state index contributed by atoms with van der Waals surface area (Å²) in [6, 6.07) is 20.1. The van der Waals surface area contributed by atoms with Crippen molar-refractivity contribution in [1.82, 2.24) is 10.2 Å². The summed E-state index contributed by atoms with van der Waals surface area (Å²) in [6.45, 7) is 5.15. The van der Waals surface area contributed by atoms with Crippen molar-refractivity contribution < 1.29 is 18.0 Å². The van der Waals surface area contributed by atoms with E-state index in [1.165, 1.54) is 9.21 Å². The first-order valence-electron chi connectivity index (χ1n) is 14.1. The molecule has 0 radical (unpaired) electrons.